The lowest BCUT2D eigenvalue weighted by Crippen LogP contribution is -2.51. The molecule has 1 saturated heterocycles. The summed E-state index contributed by atoms with van der Waals surface area (Å²) in [7, 11) is -3.49. The lowest BCUT2D eigenvalue weighted by Gasteiger charge is -2.43. The summed E-state index contributed by atoms with van der Waals surface area (Å²) in [6.07, 6.45) is 7.97. The van der Waals surface area contributed by atoms with E-state index in [1.807, 2.05) is 0 Å². The number of hydrogen-bond acceptors (Lipinski definition) is 6. The number of nitrogens with one attached hydrogen (secondary N) is 2. The van der Waals surface area contributed by atoms with E-state index in [1.165, 1.54) is 17.0 Å². The lowest BCUT2D eigenvalue weighted by atomic mass is 9.71. The molecule has 2 aliphatic heterocycles. The van der Waals surface area contributed by atoms with Gasteiger partial charge in [-0.3, -0.25) is 0 Å². The van der Waals surface area contributed by atoms with Crippen LogP contribution in [0.4, 0.5) is 14.5 Å². The Morgan fingerprint density at radius 1 is 1.09 bits per heavy atom. The second kappa shape index (κ2) is 13.6. The van der Waals surface area contributed by atoms with Gasteiger partial charge in [0.25, 0.3) is 5.92 Å². The monoisotopic (exact) mass is 663 g/mol. The highest BCUT2D eigenvalue weighted by Gasteiger charge is 2.57. The van der Waals surface area contributed by atoms with Crippen molar-refractivity contribution >= 4 is 15.7 Å². The second-order valence-electron chi connectivity index (χ2n) is 15.0. The number of rotatable bonds is 14. The molecule has 1 aromatic carbocycles. The molecule has 3 N–H and O–H groups in total. The summed E-state index contributed by atoms with van der Waals surface area (Å²) < 4.78 is 63.0. The minimum atomic E-state index is -3.49. The van der Waals surface area contributed by atoms with Gasteiger partial charge in [0.15, 0.2) is 0 Å². The van der Waals surface area contributed by atoms with E-state index in [2.05, 4.69) is 47.8 Å². The first-order chi connectivity index (χ1) is 21.9. The first-order valence-electron chi connectivity index (χ1n) is 17.9. The molecule has 0 amide bonds. The SMILES string of the molecule is CCC1(CCNS(=O)(=O)CCc2c(C)cc(N3CCOCC3)cc2C)C(O)NC(C2CCC(CCC(F)(F)C3CC3)CC2)=C2CC21. The van der Waals surface area contributed by atoms with E-state index in [-0.39, 0.29) is 24.0 Å². The van der Waals surface area contributed by atoms with Crippen LogP contribution in [0.3, 0.4) is 0 Å². The molecule has 4 fully saturated rings. The predicted molar refractivity (Wildman–Crippen MR) is 178 cm³/mol. The largest absolute Gasteiger partial charge is 0.378 e. The number of aliphatic hydroxyl groups is 1. The number of benzene rings is 1. The highest BCUT2D eigenvalue weighted by atomic mass is 32.2. The van der Waals surface area contributed by atoms with Crippen molar-refractivity contribution in [2.45, 2.75) is 110 Å². The number of aryl methyl sites for hydroxylation is 2. The minimum absolute atomic E-state index is 0.0322. The molecular formula is C36H55F2N3O4S. The van der Waals surface area contributed by atoms with Crippen molar-refractivity contribution in [2.75, 3.05) is 43.5 Å². The number of alkyl halides is 2. The van der Waals surface area contributed by atoms with Crippen LogP contribution in [0.2, 0.25) is 0 Å². The van der Waals surface area contributed by atoms with Crippen molar-refractivity contribution in [3.8, 4) is 0 Å². The van der Waals surface area contributed by atoms with Gasteiger partial charge in [-0.1, -0.05) is 6.92 Å². The Hall–Kier alpha value is -1.75. The highest BCUT2D eigenvalue weighted by Crippen LogP contribution is 2.60. The number of nitrogens with zero attached hydrogens (tertiary/aromatic N) is 1. The summed E-state index contributed by atoms with van der Waals surface area (Å²) in [5.74, 6) is -1.81. The maximum atomic E-state index is 14.2. The van der Waals surface area contributed by atoms with Crippen LogP contribution in [0.1, 0.15) is 94.2 Å². The molecule has 0 bridgehead atoms. The van der Waals surface area contributed by atoms with Gasteiger partial charge in [0.05, 0.1) is 19.0 Å². The molecule has 10 heteroatoms. The molecule has 3 saturated carbocycles. The van der Waals surface area contributed by atoms with Crippen LogP contribution in [0.15, 0.2) is 23.4 Å². The average molecular weight is 664 g/mol. The van der Waals surface area contributed by atoms with E-state index in [0.29, 0.717) is 50.5 Å². The zero-order valence-electron chi connectivity index (χ0n) is 28.1. The van der Waals surface area contributed by atoms with Crippen molar-refractivity contribution in [1.82, 2.24) is 10.0 Å². The number of allylic oxidation sites excluding steroid dienone is 2. The first-order valence-corrected chi connectivity index (χ1v) is 19.5. The molecule has 5 aliphatic rings. The Bertz CT molecular complexity index is 1360. The zero-order valence-corrected chi connectivity index (χ0v) is 28.9. The van der Waals surface area contributed by atoms with E-state index in [9.17, 15) is 22.3 Å². The summed E-state index contributed by atoms with van der Waals surface area (Å²) >= 11 is 0. The number of aliphatic hydroxyl groups excluding tert-OH is 1. The van der Waals surface area contributed by atoms with Gasteiger partial charge in [0.1, 0.15) is 6.23 Å². The fourth-order valence-corrected chi connectivity index (χ4v) is 9.88. The lowest BCUT2D eigenvalue weighted by molar-refractivity contribution is -0.0376. The summed E-state index contributed by atoms with van der Waals surface area (Å²) in [5, 5.41) is 14.9. The molecule has 7 nitrogen and oxygen atoms in total. The molecular weight excluding hydrogens is 608 g/mol. The predicted octanol–water partition coefficient (Wildman–Crippen LogP) is 6.22. The molecule has 1 aromatic rings. The molecule has 0 aromatic heterocycles. The molecule has 3 atom stereocenters. The normalized spacial score (nSPS) is 30.3. The fraction of sp³-hybridized carbons (Fsp3) is 0.778. The second-order valence-corrected chi connectivity index (χ2v) is 16.9. The first kappa shape index (κ1) is 34.1. The molecule has 3 unspecified atom stereocenters. The van der Waals surface area contributed by atoms with Crippen LogP contribution in [0.25, 0.3) is 0 Å². The van der Waals surface area contributed by atoms with Crippen molar-refractivity contribution in [1.29, 1.82) is 0 Å². The summed E-state index contributed by atoms with van der Waals surface area (Å²) in [4.78, 5) is 2.32. The maximum absolute atomic E-state index is 14.2. The fourth-order valence-electron chi connectivity index (χ4n) is 8.85. The van der Waals surface area contributed by atoms with E-state index in [1.54, 1.807) is 0 Å². The van der Waals surface area contributed by atoms with Crippen LogP contribution < -0.4 is 14.9 Å². The van der Waals surface area contributed by atoms with Crippen molar-refractivity contribution in [3.63, 3.8) is 0 Å². The number of hydrogen-bond donors (Lipinski definition) is 3. The molecule has 258 valence electrons. The van der Waals surface area contributed by atoms with Crippen LogP contribution in [0.5, 0.6) is 0 Å². The van der Waals surface area contributed by atoms with E-state index in [4.69, 9.17) is 4.74 Å². The van der Waals surface area contributed by atoms with E-state index >= 15 is 0 Å². The Morgan fingerprint density at radius 3 is 2.39 bits per heavy atom. The molecule has 0 spiro atoms. The van der Waals surface area contributed by atoms with Crippen LogP contribution >= 0.6 is 0 Å². The van der Waals surface area contributed by atoms with Gasteiger partial charge in [-0.25, -0.2) is 21.9 Å². The van der Waals surface area contributed by atoms with Gasteiger partial charge in [-0.05, 0) is 137 Å². The average Bonchev–Trinajstić information content (AvgIpc) is 3.95. The third kappa shape index (κ3) is 7.45. The number of anilines is 1. The van der Waals surface area contributed by atoms with Gasteiger partial charge in [0, 0.05) is 48.8 Å². The van der Waals surface area contributed by atoms with Gasteiger partial charge < -0.3 is 20.1 Å². The van der Waals surface area contributed by atoms with E-state index in [0.717, 1.165) is 81.5 Å². The van der Waals surface area contributed by atoms with Crippen LogP contribution in [-0.4, -0.2) is 64.3 Å². The molecule has 0 radical (unpaired) electrons. The van der Waals surface area contributed by atoms with Crippen molar-refractivity contribution in [3.05, 3.63) is 40.1 Å². The summed E-state index contributed by atoms with van der Waals surface area (Å²) in [6.45, 7) is 9.71. The third-order valence-corrected chi connectivity index (χ3v) is 13.5. The molecule has 6 rings (SSSR count). The molecule has 2 heterocycles. The van der Waals surface area contributed by atoms with Gasteiger partial charge in [-0.2, -0.15) is 0 Å². The Labute approximate surface area is 275 Å². The zero-order chi connectivity index (χ0) is 32.7. The molecule has 3 aliphatic carbocycles. The minimum Gasteiger partial charge on any atom is -0.378 e. The molecule has 46 heavy (non-hydrogen) atoms. The van der Waals surface area contributed by atoms with Gasteiger partial charge >= 0.3 is 0 Å². The number of halogens is 2. The number of ether oxygens (including phenoxy) is 1. The number of sulfonamides is 1. The topological polar surface area (TPSA) is 90.9 Å². The Kier molecular flexibility index (Phi) is 10.1. The highest BCUT2D eigenvalue weighted by molar-refractivity contribution is 7.89. The van der Waals surface area contributed by atoms with Crippen molar-refractivity contribution < 1.29 is 27.0 Å². The summed E-state index contributed by atoms with van der Waals surface area (Å²) in [6, 6.07) is 4.32. The smallest absolute Gasteiger partial charge is 0.250 e. The number of fused-ring (bicyclic) bond motifs is 1. The number of morpholine rings is 1. The standard InChI is InChI=1S/C36H55F2N3O4S/c1-4-35(14-15-39-46(43,44)20-12-30-24(2)21-29(22-25(30)3)41-16-18-45-19-17-41)32-23-31(32)33(40-34(35)42)27-7-5-26(6-8-27)11-13-36(37,38)28-9-10-28/h21-22,26-28,32,34,39-40,42H,4-20,23H2,1-3H3. The third-order valence-electron chi connectivity index (χ3n) is 12.1. The Morgan fingerprint density at radius 2 is 1.76 bits per heavy atom. The van der Waals surface area contributed by atoms with Gasteiger partial charge in [-0.15, -0.1) is 0 Å². The maximum Gasteiger partial charge on any atom is 0.250 e. The van der Waals surface area contributed by atoms with Crippen LogP contribution in [-0.2, 0) is 21.2 Å². The van der Waals surface area contributed by atoms with Crippen molar-refractivity contribution in [2.24, 2.45) is 29.1 Å². The van der Waals surface area contributed by atoms with Gasteiger partial charge in [0.2, 0.25) is 10.0 Å². The van der Waals surface area contributed by atoms with E-state index < -0.39 is 27.6 Å². The summed E-state index contributed by atoms with van der Waals surface area (Å²) in [5.41, 5.74) is 6.68. The Balaban J connectivity index is 0.990. The van der Waals surface area contributed by atoms with Crippen LogP contribution in [0, 0.1) is 42.9 Å². The quantitative estimate of drug-likeness (QED) is 0.219.